The second-order valence-corrected chi connectivity index (χ2v) is 10.1. The lowest BCUT2D eigenvalue weighted by Crippen LogP contribution is -2.24. The van der Waals surface area contributed by atoms with Gasteiger partial charge in [-0.1, -0.05) is 73.3 Å². The molecule has 0 aliphatic heterocycles. The Kier molecular flexibility index (Phi) is 8.00. The van der Waals surface area contributed by atoms with Gasteiger partial charge in [0.05, 0.1) is 12.0 Å². The summed E-state index contributed by atoms with van der Waals surface area (Å²) in [5.41, 5.74) is 2.75. The number of carbonyl (C=O) groups excluding carboxylic acids is 1. The zero-order chi connectivity index (χ0) is 22.3. The molecule has 164 valence electrons. The van der Waals surface area contributed by atoms with Crippen LogP contribution in [-0.4, -0.2) is 43.0 Å². The molecule has 1 heterocycles. The number of sulfonamides is 1. The van der Waals surface area contributed by atoms with Crippen LogP contribution in [0.3, 0.4) is 0 Å². The van der Waals surface area contributed by atoms with E-state index in [1.54, 1.807) is 12.1 Å². The van der Waals surface area contributed by atoms with E-state index in [1.165, 1.54) is 17.3 Å². The Hall–Kier alpha value is -2.49. The third-order valence-electron chi connectivity index (χ3n) is 4.68. The first-order valence-electron chi connectivity index (χ1n) is 9.87. The number of carbonyl (C=O) groups is 1. The van der Waals surface area contributed by atoms with Gasteiger partial charge >= 0.3 is 0 Å². The lowest BCUT2D eigenvalue weighted by atomic mass is 9.98. The Labute approximate surface area is 186 Å². The van der Waals surface area contributed by atoms with E-state index in [2.05, 4.69) is 34.0 Å². The number of aromatic nitrogens is 2. The summed E-state index contributed by atoms with van der Waals surface area (Å²) < 4.78 is 30.3. The molecule has 1 unspecified atom stereocenters. The number of hydrogen-bond acceptors (Lipinski definition) is 7. The van der Waals surface area contributed by atoms with Crippen LogP contribution in [0.15, 0.2) is 64.2 Å². The number of rotatable bonds is 11. The summed E-state index contributed by atoms with van der Waals surface area (Å²) in [7, 11) is -3.20. The summed E-state index contributed by atoms with van der Waals surface area (Å²) in [6.45, 7) is 2.43. The fraction of sp³-hybridized carbons (Fsp3) is 0.318. The van der Waals surface area contributed by atoms with Crippen LogP contribution in [0.1, 0.15) is 40.2 Å². The lowest BCUT2D eigenvalue weighted by molar-refractivity contribution is 0.102. The minimum atomic E-state index is -3.20. The molecular weight excluding hydrogens is 434 g/mol. The summed E-state index contributed by atoms with van der Waals surface area (Å²) >= 11 is 1.22. The molecule has 3 rings (SSSR count). The third kappa shape index (κ3) is 7.61. The van der Waals surface area contributed by atoms with Crippen LogP contribution in [-0.2, 0) is 22.9 Å². The quantitative estimate of drug-likeness (QED) is 0.346. The summed E-state index contributed by atoms with van der Waals surface area (Å²) in [5, 5.41) is 8.51. The molecule has 0 bridgehead atoms. The molecule has 1 atom stereocenters. The summed E-state index contributed by atoms with van der Waals surface area (Å²) in [4.78, 5) is 12.4. The van der Waals surface area contributed by atoms with Gasteiger partial charge in [0.1, 0.15) is 0 Å². The van der Waals surface area contributed by atoms with Gasteiger partial charge in [-0.2, -0.15) is 0 Å². The molecule has 0 radical (unpaired) electrons. The second kappa shape index (κ2) is 10.7. The molecule has 0 aliphatic rings. The highest BCUT2D eigenvalue weighted by Crippen LogP contribution is 2.23. The fourth-order valence-electron chi connectivity index (χ4n) is 2.99. The highest BCUT2D eigenvalue weighted by atomic mass is 32.2. The molecule has 0 aliphatic carbocycles. The molecule has 3 aromatic rings. The Bertz CT molecular complexity index is 1100. The molecule has 7 nitrogen and oxygen atoms in total. The molecule has 2 aromatic carbocycles. The molecule has 31 heavy (non-hydrogen) atoms. The van der Waals surface area contributed by atoms with E-state index in [4.69, 9.17) is 4.42 Å². The van der Waals surface area contributed by atoms with Crippen molar-refractivity contribution in [3.63, 3.8) is 0 Å². The molecule has 1 N–H and O–H groups in total. The number of ketones is 1. The monoisotopic (exact) mass is 459 g/mol. The van der Waals surface area contributed by atoms with E-state index in [1.807, 2.05) is 30.3 Å². The number of nitrogens with one attached hydrogen (secondary N) is 1. The third-order valence-corrected chi connectivity index (χ3v) is 6.23. The summed E-state index contributed by atoms with van der Waals surface area (Å²) in [6.07, 6.45) is 2.33. The number of thioether (sulfide) groups is 1. The van der Waals surface area contributed by atoms with Gasteiger partial charge in [-0.05, 0) is 23.5 Å². The zero-order valence-electron chi connectivity index (χ0n) is 17.4. The molecule has 9 heteroatoms. The number of Topliss-reactive ketones (excluding diaryl/α,β-unsaturated/α-hetero) is 1. The van der Waals surface area contributed by atoms with E-state index in [9.17, 15) is 13.2 Å². The first-order valence-corrected chi connectivity index (χ1v) is 12.7. The molecule has 1 aromatic heterocycles. The molecule has 0 spiro atoms. The molecule has 0 fully saturated rings. The minimum absolute atomic E-state index is 0.0387. The maximum Gasteiger partial charge on any atom is 0.277 e. The Balaban J connectivity index is 1.47. The highest BCUT2D eigenvalue weighted by molar-refractivity contribution is 7.99. The van der Waals surface area contributed by atoms with Crippen molar-refractivity contribution >= 4 is 27.6 Å². The van der Waals surface area contributed by atoms with Gasteiger partial charge in [-0.25, -0.2) is 13.1 Å². The van der Waals surface area contributed by atoms with Crippen molar-refractivity contribution in [3.05, 3.63) is 77.2 Å². The van der Waals surface area contributed by atoms with Crippen molar-refractivity contribution in [1.29, 1.82) is 0 Å². The van der Waals surface area contributed by atoms with Crippen LogP contribution in [0.2, 0.25) is 0 Å². The van der Waals surface area contributed by atoms with Crippen LogP contribution < -0.4 is 4.72 Å². The van der Waals surface area contributed by atoms with E-state index >= 15 is 0 Å². The Morgan fingerprint density at radius 3 is 2.48 bits per heavy atom. The molecule has 0 saturated carbocycles. The van der Waals surface area contributed by atoms with Gasteiger partial charge in [0.25, 0.3) is 5.22 Å². The van der Waals surface area contributed by atoms with Crippen molar-refractivity contribution in [1.82, 2.24) is 14.9 Å². The number of hydrogen-bond donors (Lipinski definition) is 1. The van der Waals surface area contributed by atoms with Crippen molar-refractivity contribution in [2.45, 2.75) is 30.9 Å². The van der Waals surface area contributed by atoms with Crippen LogP contribution in [0.5, 0.6) is 0 Å². The lowest BCUT2D eigenvalue weighted by Gasteiger charge is -2.08. The van der Waals surface area contributed by atoms with Crippen LogP contribution in [0.4, 0.5) is 0 Å². The van der Waals surface area contributed by atoms with E-state index in [-0.39, 0.29) is 17.5 Å². The van der Waals surface area contributed by atoms with Crippen molar-refractivity contribution < 1.29 is 17.6 Å². The van der Waals surface area contributed by atoms with Gasteiger partial charge in [-0.3, -0.25) is 4.79 Å². The normalized spacial score (nSPS) is 12.6. The van der Waals surface area contributed by atoms with Gasteiger partial charge in [0.2, 0.25) is 15.9 Å². The fourth-order valence-corrected chi connectivity index (χ4v) is 4.14. The standard InChI is InChI=1S/C22H25N3O4S2/c1-16(18-6-4-3-5-7-18)14-21-24-25-22(29-21)30-15-20(26)19-10-8-17(9-11-19)12-13-23-31(2,27)28/h3-11,16,23H,12-15H2,1-2H3. The average molecular weight is 460 g/mol. The zero-order valence-corrected chi connectivity index (χ0v) is 19.1. The SMILES string of the molecule is CC(Cc1nnc(SCC(=O)c2ccc(CCNS(C)(=O)=O)cc2)o1)c1ccccc1. The molecule has 0 amide bonds. The maximum atomic E-state index is 12.4. The van der Waals surface area contributed by atoms with Crippen molar-refractivity contribution in [2.75, 3.05) is 18.6 Å². The molecular formula is C22H25N3O4S2. The van der Waals surface area contributed by atoms with Gasteiger partial charge in [0, 0.05) is 18.5 Å². The maximum absolute atomic E-state index is 12.4. The van der Waals surface area contributed by atoms with Crippen LogP contribution in [0.25, 0.3) is 0 Å². The first kappa shape index (κ1) is 23.2. The average Bonchev–Trinajstić information content (AvgIpc) is 3.19. The predicted molar refractivity (Wildman–Crippen MR) is 121 cm³/mol. The van der Waals surface area contributed by atoms with Gasteiger partial charge in [-0.15, -0.1) is 10.2 Å². The molecule has 0 saturated heterocycles. The number of nitrogens with zero attached hydrogens (tertiary/aromatic N) is 2. The van der Waals surface area contributed by atoms with E-state index < -0.39 is 10.0 Å². The van der Waals surface area contributed by atoms with Gasteiger partial charge in [0.15, 0.2) is 5.78 Å². The Morgan fingerprint density at radius 1 is 1.10 bits per heavy atom. The van der Waals surface area contributed by atoms with Crippen molar-refractivity contribution in [2.24, 2.45) is 0 Å². The van der Waals surface area contributed by atoms with Crippen LogP contribution >= 0.6 is 11.8 Å². The van der Waals surface area contributed by atoms with Gasteiger partial charge < -0.3 is 4.42 Å². The first-order chi connectivity index (χ1) is 14.8. The minimum Gasteiger partial charge on any atom is -0.416 e. The number of benzene rings is 2. The second-order valence-electron chi connectivity index (χ2n) is 7.30. The smallest absolute Gasteiger partial charge is 0.277 e. The highest BCUT2D eigenvalue weighted by Gasteiger charge is 2.14. The summed E-state index contributed by atoms with van der Waals surface area (Å²) in [6, 6.07) is 17.3. The Morgan fingerprint density at radius 2 is 1.81 bits per heavy atom. The topological polar surface area (TPSA) is 102 Å². The predicted octanol–water partition coefficient (Wildman–Crippen LogP) is 3.48. The van der Waals surface area contributed by atoms with E-state index in [0.717, 1.165) is 11.8 Å². The summed E-state index contributed by atoms with van der Waals surface area (Å²) in [5.74, 6) is 0.971. The largest absolute Gasteiger partial charge is 0.416 e. The van der Waals surface area contributed by atoms with E-state index in [0.29, 0.717) is 36.1 Å². The van der Waals surface area contributed by atoms with Crippen LogP contribution in [0, 0.1) is 0 Å². The van der Waals surface area contributed by atoms with Crippen molar-refractivity contribution in [3.8, 4) is 0 Å².